The number of hydrogen-bond donors (Lipinski definition) is 2. The van der Waals surface area contributed by atoms with Crippen LogP contribution in [0.25, 0.3) is 28.4 Å². The second-order valence-electron chi connectivity index (χ2n) is 7.10. The molecule has 0 atom stereocenters. The maximum atomic E-state index is 12.3. The quantitative estimate of drug-likeness (QED) is 0.444. The SMILES string of the molecule is O=C(NCc1ccccc1)Nc1cccc(-c2ccc3nnc(-c4ccccn4)n3n2)c1. The maximum Gasteiger partial charge on any atom is 0.319 e. The summed E-state index contributed by atoms with van der Waals surface area (Å²) >= 11 is 0. The van der Waals surface area contributed by atoms with E-state index in [-0.39, 0.29) is 6.03 Å². The largest absolute Gasteiger partial charge is 0.334 e. The number of pyridine rings is 1. The van der Waals surface area contributed by atoms with E-state index in [1.54, 1.807) is 10.7 Å². The molecule has 0 fully saturated rings. The summed E-state index contributed by atoms with van der Waals surface area (Å²) in [4.78, 5) is 16.7. The van der Waals surface area contributed by atoms with Gasteiger partial charge < -0.3 is 10.6 Å². The third-order valence-electron chi connectivity index (χ3n) is 4.87. The van der Waals surface area contributed by atoms with Crippen LogP contribution < -0.4 is 10.6 Å². The van der Waals surface area contributed by atoms with E-state index in [1.807, 2.05) is 84.9 Å². The van der Waals surface area contributed by atoms with E-state index in [0.29, 0.717) is 29.4 Å². The first-order valence-corrected chi connectivity index (χ1v) is 10.1. The second-order valence-corrected chi connectivity index (χ2v) is 7.10. The fraction of sp³-hybridized carbons (Fsp3) is 0.0417. The van der Waals surface area contributed by atoms with E-state index in [2.05, 4.69) is 25.8 Å². The van der Waals surface area contributed by atoms with Crippen molar-refractivity contribution in [2.75, 3.05) is 5.32 Å². The molecule has 8 heteroatoms. The van der Waals surface area contributed by atoms with Gasteiger partial charge in [0.05, 0.1) is 5.69 Å². The van der Waals surface area contributed by atoms with Crippen LogP contribution in [0.3, 0.4) is 0 Å². The lowest BCUT2D eigenvalue weighted by Gasteiger charge is -2.09. The minimum absolute atomic E-state index is 0.273. The highest BCUT2D eigenvalue weighted by Crippen LogP contribution is 2.23. The number of nitrogens with one attached hydrogen (secondary N) is 2. The van der Waals surface area contributed by atoms with Gasteiger partial charge in [-0.25, -0.2) is 4.79 Å². The Balaban J connectivity index is 1.36. The number of aromatic nitrogens is 5. The summed E-state index contributed by atoms with van der Waals surface area (Å²) in [6.07, 6.45) is 1.71. The van der Waals surface area contributed by atoms with E-state index in [9.17, 15) is 4.79 Å². The van der Waals surface area contributed by atoms with Crippen molar-refractivity contribution < 1.29 is 4.79 Å². The van der Waals surface area contributed by atoms with Crippen LogP contribution in [0.2, 0.25) is 0 Å². The summed E-state index contributed by atoms with van der Waals surface area (Å²) in [5.74, 6) is 0.567. The Hall–Kier alpha value is -4.59. The van der Waals surface area contributed by atoms with E-state index in [0.717, 1.165) is 16.8 Å². The topological polar surface area (TPSA) is 97.1 Å². The Morgan fingerprint density at radius 1 is 0.844 bits per heavy atom. The first-order valence-electron chi connectivity index (χ1n) is 10.1. The fourth-order valence-electron chi connectivity index (χ4n) is 3.31. The smallest absolute Gasteiger partial charge is 0.319 e. The van der Waals surface area contributed by atoms with Gasteiger partial charge in [0.2, 0.25) is 5.82 Å². The number of nitrogens with zero attached hydrogens (tertiary/aromatic N) is 5. The number of amides is 2. The van der Waals surface area contributed by atoms with Crippen LogP contribution in [0, 0.1) is 0 Å². The fourth-order valence-corrected chi connectivity index (χ4v) is 3.31. The molecule has 2 N–H and O–H groups in total. The first-order chi connectivity index (χ1) is 15.8. The number of anilines is 1. The van der Waals surface area contributed by atoms with Crippen molar-refractivity contribution in [3.63, 3.8) is 0 Å². The average Bonchev–Trinajstić information content (AvgIpc) is 3.27. The van der Waals surface area contributed by atoms with Crippen LogP contribution in [0.1, 0.15) is 5.56 Å². The summed E-state index contributed by atoms with van der Waals surface area (Å²) < 4.78 is 1.67. The van der Waals surface area contributed by atoms with Crippen LogP contribution >= 0.6 is 0 Å². The summed E-state index contributed by atoms with van der Waals surface area (Å²) in [5.41, 5.74) is 4.60. The zero-order chi connectivity index (χ0) is 21.8. The zero-order valence-electron chi connectivity index (χ0n) is 17.0. The van der Waals surface area contributed by atoms with E-state index < -0.39 is 0 Å². The number of benzene rings is 2. The first kappa shape index (κ1) is 19.4. The number of fused-ring (bicyclic) bond motifs is 1. The minimum atomic E-state index is -0.273. The normalized spacial score (nSPS) is 10.8. The molecule has 2 aromatic carbocycles. The molecular formula is C24H19N7O. The molecule has 0 spiro atoms. The molecule has 3 aromatic heterocycles. The minimum Gasteiger partial charge on any atom is -0.334 e. The van der Waals surface area contributed by atoms with Gasteiger partial charge in [0, 0.05) is 24.0 Å². The van der Waals surface area contributed by atoms with Crippen LogP contribution in [-0.4, -0.2) is 30.8 Å². The van der Waals surface area contributed by atoms with Gasteiger partial charge >= 0.3 is 6.03 Å². The zero-order valence-corrected chi connectivity index (χ0v) is 17.0. The Labute approximate surface area is 184 Å². The van der Waals surface area contributed by atoms with Gasteiger partial charge in [-0.2, -0.15) is 9.61 Å². The van der Waals surface area contributed by atoms with Crippen molar-refractivity contribution >= 4 is 17.4 Å². The van der Waals surface area contributed by atoms with Crippen LogP contribution in [-0.2, 0) is 6.54 Å². The van der Waals surface area contributed by atoms with Crippen molar-refractivity contribution in [3.8, 4) is 22.8 Å². The molecule has 0 saturated carbocycles. The highest BCUT2D eigenvalue weighted by Gasteiger charge is 2.12. The lowest BCUT2D eigenvalue weighted by atomic mass is 10.1. The number of carbonyl (C=O) groups is 1. The molecule has 32 heavy (non-hydrogen) atoms. The number of carbonyl (C=O) groups excluding carboxylic acids is 1. The van der Waals surface area contributed by atoms with Gasteiger partial charge in [-0.3, -0.25) is 4.98 Å². The Morgan fingerprint density at radius 3 is 2.56 bits per heavy atom. The summed E-state index contributed by atoms with van der Waals surface area (Å²) in [6, 6.07) is 26.3. The van der Waals surface area contributed by atoms with Gasteiger partial charge in [-0.15, -0.1) is 10.2 Å². The van der Waals surface area contributed by atoms with Crippen molar-refractivity contribution in [2.45, 2.75) is 6.54 Å². The summed E-state index contributed by atoms with van der Waals surface area (Å²) in [6.45, 7) is 0.453. The molecule has 2 amide bonds. The Morgan fingerprint density at radius 2 is 1.72 bits per heavy atom. The van der Waals surface area contributed by atoms with Crippen LogP contribution in [0.4, 0.5) is 10.5 Å². The number of urea groups is 1. The van der Waals surface area contributed by atoms with Crippen molar-refractivity contribution in [2.24, 2.45) is 0 Å². The predicted octanol–water partition coefficient (Wildman–Crippen LogP) is 4.18. The third-order valence-corrected chi connectivity index (χ3v) is 4.87. The maximum absolute atomic E-state index is 12.3. The van der Waals surface area contributed by atoms with Gasteiger partial charge in [-0.05, 0) is 42.0 Å². The molecule has 0 aliphatic carbocycles. The molecule has 0 aliphatic rings. The third kappa shape index (κ3) is 4.15. The molecule has 0 unspecified atom stereocenters. The molecular weight excluding hydrogens is 402 g/mol. The van der Waals surface area contributed by atoms with Gasteiger partial charge in [-0.1, -0.05) is 48.5 Å². The molecule has 3 heterocycles. The number of hydrogen-bond acceptors (Lipinski definition) is 5. The highest BCUT2D eigenvalue weighted by molar-refractivity contribution is 5.90. The van der Waals surface area contributed by atoms with E-state index in [4.69, 9.17) is 5.10 Å². The average molecular weight is 421 g/mol. The Bertz CT molecular complexity index is 1370. The molecule has 0 aliphatic heterocycles. The standard InChI is InChI=1S/C24H19N7O/c32-24(26-16-17-7-2-1-3-8-17)27-19-10-6-9-18(15-19)20-12-13-22-28-29-23(31(22)30-20)21-11-4-5-14-25-21/h1-15H,16H2,(H2,26,27,32). The van der Waals surface area contributed by atoms with E-state index in [1.165, 1.54) is 0 Å². The summed E-state index contributed by atoms with van der Waals surface area (Å²) in [5, 5.41) is 18.8. The lowest BCUT2D eigenvalue weighted by Crippen LogP contribution is -2.28. The van der Waals surface area contributed by atoms with Crippen molar-refractivity contribution in [1.82, 2.24) is 30.1 Å². The second kappa shape index (κ2) is 8.65. The van der Waals surface area contributed by atoms with Crippen LogP contribution in [0.15, 0.2) is 91.1 Å². The molecule has 5 aromatic rings. The van der Waals surface area contributed by atoms with E-state index >= 15 is 0 Å². The Kier molecular flexibility index (Phi) is 5.24. The van der Waals surface area contributed by atoms with Gasteiger partial charge in [0.1, 0.15) is 5.69 Å². The molecule has 5 rings (SSSR count). The molecule has 156 valence electrons. The lowest BCUT2D eigenvalue weighted by molar-refractivity contribution is 0.251. The molecule has 0 radical (unpaired) electrons. The summed E-state index contributed by atoms with van der Waals surface area (Å²) in [7, 11) is 0. The predicted molar refractivity (Wildman–Crippen MR) is 122 cm³/mol. The van der Waals surface area contributed by atoms with Crippen molar-refractivity contribution in [3.05, 3.63) is 96.7 Å². The highest BCUT2D eigenvalue weighted by atomic mass is 16.2. The molecule has 0 bridgehead atoms. The van der Waals surface area contributed by atoms with Gasteiger partial charge in [0.25, 0.3) is 0 Å². The van der Waals surface area contributed by atoms with Gasteiger partial charge in [0.15, 0.2) is 5.65 Å². The van der Waals surface area contributed by atoms with Crippen LogP contribution in [0.5, 0.6) is 0 Å². The molecule has 0 saturated heterocycles. The molecule has 8 nitrogen and oxygen atoms in total. The monoisotopic (exact) mass is 421 g/mol. The number of rotatable bonds is 5. The van der Waals surface area contributed by atoms with Crippen molar-refractivity contribution in [1.29, 1.82) is 0 Å².